The largest absolute Gasteiger partial charge is 0.370 e. The molecule has 1 saturated heterocycles. The van der Waals surface area contributed by atoms with E-state index in [4.69, 9.17) is 4.74 Å². The van der Waals surface area contributed by atoms with Crippen LogP contribution in [0, 0.1) is 0 Å². The molecule has 1 aliphatic heterocycles. The highest BCUT2D eigenvalue weighted by Gasteiger charge is 2.18. The van der Waals surface area contributed by atoms with Crippen LogP contribution in [0.5, 0.6) is 0 Å². The molecule has 3 rings (SSSR count). The zero-order chi connectivity index (χ0) is 16.8. The Hall–Kier alpha value is -2.66. The molecule has 5 heteroatoms. The zero-order valence-electron chi connectivity index (χ0n) is 13.4. The third-order valence-corrected chi connectivity index (χ3v) is 3.98. The van der Waals surface area contributed by atoms with E-state index in [-0.39, 0.29) is 18.4 Å². The van der Waals surface area contributed by atoms with E-state index in [1.54, 1.807) is 11.0 Å². The van der Waals surface area contributed by atoms with Crippen LogP contribution >= 0.6 is 0 Å². The highest BCUT2D eigenvalue weighted by atomic mass is 16.5. The van der Waals surface area contributed by atoms with Crippen molar-refractivity contribution in [3.63, 3.8) is 0 Å². The molecule has 0 saturated carbocycles. The number of carbonyl (C=O) groups excluding carboxylic acids is 2. The molecule has 124 valence electrons. The normalized spacial score (nSPS) is 14.5. The highest BCUT2D eigenvalue weighted by Crippen LogP contribution is 2.19. The maximum Gasteiger partial charge on any atom is 0.251 e. The van der Waals surface area contributed by atoms with Gasteiger partial charge in [0.05, 0.1) is 6.61 Å². The molecule has 24 heavy (non-hydrogen) atoms. The molecule has 0 spiro atoms. The quantitative estimate of drug-likeness (QED) is 0.914. The summed E-state index contributed by atoms with van der Waals surface area (Å²) in [6, 6.07) is 17.5. The fourth-order valence-electron chi connectivity index (χ4n) is 2.66. The summed E-state index contributed by atoms with van der Waals surface area (Å²) >= 11 is 0. The average Bonchev–Trinajstić information content (AvgIpc) is 2.64. The minimum absolute atomic E-state index is 0.0263. The van der Waals surface area contributed by atoms with E-state index in [2.05, 4.69) is 5.32 Å². The molecule has 1 aliphatic rings. The molecule has 0 aromatic heterocycles. The number of hydrogen-bond donors (Lipinski definition) is 1. The van der Waals surface area contributed by atoms with Crippen LogP contribution in [0.25, 0.3) is 11.1 Å². The molecule has 0 radical (unpaired) electrons. The lowest BCUT2D eigenvalue weighted by molar-refractivity contribution is -0.142. The van der Waals surface area contributed by atoms with Gasteiger partial charge in [0.1, 0.15) is 6.61 Å². The van der Waals surface area contributed by atoms with E-state index in [0.29, 0.717) is 31.8 Å². The van der Waals surface area contributed by atoms with Gasteiger partial charge in [-0.05, 0) is 23.3 Å². The van der Waals surface area contributed by atoms with Gasteiger partial charge in [0.2, 0.25) is 5.91 Å². The van der Waals surface area contributed by atoms with Crippen molar-refractivity contribution in [2.24, 2.45) is 0 Å². The predicted octanol–water partition coefficient (Wildman–Crippen LogP) is 1.94. The number of hydrogen-bond acceptors (Lipinski definition) is 3. The molecule has 1 N–H and O–H groups in total. The van der Waals surface area contributed by atoms with Gasteiger partial charge in [-0.2, -0.15) is 0 Å². The van der Waals surface area contributed by atoms with Crippen molar-refractivity contribution in [3.8, 4) is 11.1 Å². The van der Waals surface area contributed by atoms with Gasteiger partial charge in [-0.25, -0.2) is 0 Å². The monoisotopic (exact) mass is 324 g/mol. The maximum absolute atomic E-state index is 12.3. The number of ether oxygens (including phenoxy) is 1. The van der Waals surface area contributed by atoms with Crippen LogP contribution in [0.3, 0.4) is 0 Å². The molecular weight excluding hydrogens is 304 g/mol. The van der Waals surface area contributed by atoms with Crippen molar-refractivity contribution in [2.45, 2.75) is 0 Å². The van der Waals surface area contributed by atoms with Crippen molar-refractivity contribution >= 4 is 11.8 Å². The van der Waals surface area contributed by atoms with E-state index in [9.17, 15) is 9.59 Å². The summed E-state index contributed by atoms with van der Waals surface area (Å²) in [7, 11) is 0. The first-order valence-electron chi connectivity index (χ1n) is 8.03. The minimum Gasteiger partial charge on any atom is -0.370 e. The van der Waals surface area contributed by atoms with Crippen molar-refractivity contribution in [1.29, 1.82) is 0 Å². The second-order valence-corrected chi connectivity index (χ2v) is 5.64. The summed E-state index contributed by atoms with van der Waals surface area (Å²) in [5.41, 5.74) is 2.70. The minimum atomic E-state index is -0.131. The van der Waals surface area contributed by atoms with E-state index in [0.717, 1.165) is 11.1 Å². The lowest BCUT2D eigenvalue weighted by Gasteiger charge is -2.26. The van der Waals surface area contributed by atoms with Gasteiger partial charge >= 0.3 is 0 Å². The van der Waals surface area contributed by atoms with E-state index >= 15 is 0 Å². The molecule has 0 bridgehead atoms. The highest BCUT2D eigenvalue weighted by molar-refractivity contribution is 5.95. The molecule has 2 aromatic rings. The molecule has 1 fully saturated rings. The lowest BCUT2D eigenvalue weighted by atomic mass is 10.0. The van der Waals surface area contributed by atoms with Gasteiger partial charge in [-0.1, -0.05) is 42.5 Å². The number of benzene rings is 2. The summed E-state index contributed by atoms with van der Waals surface area (Å²) in [5.74, 6) is -0.157. The Morgan fingerprint density at radius 3 is 2.67 bits per heavy atom. The Labute approximate surface area is 141 Å². The first-order chi connectivity index (χ1) is 11.7. The van der Waals surface area contributed by atoms with Crippen molar-refractivity contribution in [3.05, 3.63) is 60.2 Å². The zero-order valence-corrected chi connectivity index (χ0v) is 13.4. The van der Waals surface area contributed by atoms with Crippen molar-refractivity contribution in [1.82, 2.24) is 10.2 Å². The molecule has 1 heterocycles. The average molecular weight is 324 g/mol. The molecule has 0 aliphatic carbocycles. The van der Waals surface area contributed by atoms with Gasteiger partial charge in [0.25, 0.3) is 5.91 Å². The van der Waals surface area contributed by atoms with Gasteiger partial charge in [-0.3, -0.25) is 9.59 Å². The first-order valence-corrected chi connectivity index (χ1v) is 8.03. The molecule has 0 unspecified atom stereocenters. The Morgan fingerprint density at radius 1 is 1.08 bits per heavy atom. The number of rotatable bonds is 5. The van der Waals surface area contributed by atoms with Crippen LogP contribution in [0.2, 0.25) is 0 Å². The SMILES string of the molecule is O=C(NCCN1CCOCC1=O)c1cccc(-c2ccccc2)c1. The smallest absolute Gasteiger partial charge is 0.251 e. The topological polar surface area (TPSA) is 58.6 Å². The molecule has 2 aromatic carbocycles. The third-order valence-electron chi connectivity index (χ3n) is 3.98. The molecule has 2 amide bonds. The third kappa shape index (κ3) is 4.00. The van der Waals surface area contributed by atoms with Gasteiger partial charge in [0, 0.05) is 25.2 Å². The van der Waals surface area contributed by atoms with Crippen LogP contribution in [0.15, 0.2) is 54.6 Å². The van der Waals surface area contributed by atoms with Crippen LogP contribution in [-0.4, -0.2) is 49.6 Å². The first kappa shape index (κ1) is 16.2. The Balaban J connectivity index is 1.58. The lowest BCUT2D eigenvalue weighted by Crippen LogP contribution is -2.45. The Bertz CT molecular complexity index is 716. The summed E-state index contributed by atoms with van der Waals surface area (Å²) < 4.78 is 5.09. The van der Waals surface area contributed by atoms with Gasteiger partial charge < -0.3 is 15.0 Å². The van der Waals surface area contributed by atoms with Crippen molar-refractivity contribution in [2.75, 3.05) is 32.8 Å². The number of amides is 2. The summed E-state index contributed by atoms with van der Waals surface area (Å²) in [5, 5.41) is 2.87. The predicted molar refractivity (Wildman–Crippen MR) is 91.6 cm³/mol. The van der Waals surface area contributed by atoms with Crippen molar-refractivity contribution < 1.29 is 14.3 Å². The van der Waals surface area contributed by atoms with E-state index in [1.807, 2.05) is 48.5 Å². The summed E-state index contributed by atoms with van der Waals surface area (Å²) in [6.45, 7) is 2.20. The van der Waals surface area contributed by atoms with Gasteiger partial charge in [0.15, 0.2) is 0 Å². The molecular formula is C19H20N2O3. The second kappa shape index (κ2) is 7.75. The van der Waals surface area contributed by atoms with E-state index < -0.39 is 0 Å². The number of carbonyl (C=O) groups is 2. The number of nitrogens with one attached hydrogen (secondary N) is 1. The second-order valence-electron chi connectivity index (χ2n) is 5.64. The Morgan fingerprint density at radius 2 is 1.88 bits per heavy atom. The van der Waals surface area contributed by atoms with E-state index in [1.165, 1.54) is 0 Å². The van der Waals surface area contributed by atoms with Crippen LogP contribution in [0.4, 0.5) is 0 Å². The fraction of sp³-hybridized carbons (Fsp3) is 0.263. The molecule has 0 atom stereocenters. The summed E-state index contributed by atoms with van der Waals surface area (Å²) in [4.78, 5) is 25.7. The summed E-state index contributed by atoms with van der Waals surface area (Å²) in [6.07, 6.45) is 0. The van der Waals surface area contributed by atoms with Crippen LogP contribution in [0.1, 0.15) is 10.4 Å². The maximum atomic E-state index is 12.3. The Kier molecular flexibility index (Phi) is 5.23. The van der Waals surface area contributed by atoms with Crippen LogP contribution < -0.4 is 5.32 Å². The molecule has 5 nitrogen and oxygen atoms in total. The van der Waals surface area contributed by atoms with Gasteiger partial charge in [-0.15, -0.1) is 0 Å². The van der Waals surface area contributed by atoms with Crippen LogP contribution in [-0.2, 0) is 9.53 Å². The standard InChI is InChI=1S/C19H20N2O3/c22-18-14-24-12-11-21(18)10-9-20-19(23)17-8-4-7-16(13-17)15-5-2-1-3-6-15/h1-8,13H,9-12,14H2,(H,20,23). The number of nitrogens with zero attached hydrogens (tertiary/aromatic N) is 1. The fourth-order valence-corrected chi connectivity index (χ4v) is 2.66. The number of morpholine rings is 1.